The van der Waals surface area contributed by atoms with E-state index in [9.17, 15) is 14.4 Å². The van der Waals surface area contributed by atoms with Crippen molar-refractivity contribution >= 4 is 29.1 Å². The van der Waals surface area contributed by atoms with E-state index in [4.69, 9.17) is 9.84 Å². The molecule has 3 amide bonds. The van der Waals surface area contributed by atoms with Crippen LogP contribution in [0.15, 0.2) is 30.3 Å². The van der Waals surface area contributed by atoms with Crippen LogP contribution in [0.25, 0.3) is 5.69 Å². The standard InChI is InChI=1S/C32H39N5O4.90H2/c1-18(2)41-27-14-13-26(21(5)22(27)6)37-30-24(29(34-37)31(39)33-7)15-16-35(32(30)40)25-12-11-23(17-19(25)3)36-20(4)9-8-10-28(36)38;;;;;;;;;;;;;;;;;;;;;;;;;;;;;;;;;;;;;;;;;;;;;;;;;;;;;;;;;;;;;;;;;;;;;;;;;;;;;;;;;;;;;;;;;;/h11-14,17-18,20H,8-10,15-16H2,1-7H3,(H,33,39);90*1H. The Balaban J connectivity index is -0.00000000268. The molecule has 3 heterocycles. The van der Waals surface area contributed by atoms with Crippen LogP contribution in [0.1, 0.15) is 212 Å². The average Bonchev–Trinajstić information content (AvgIpc) is 3.31. The van der Waals surface area contributed by atoms with Gasteiger partial charge in [-0.15, -0.1) is 0 Å². The minimum atomic E-state index is -0.323. The molecule has 396 valence electrons. The maximum Gasteiger partial charge on any atom is 0.277 e. The number of nitrogens with one attached hydrogen (secondary N) is 1. The summed E-state index contributed by atoms with van der Waals surface area (Å²) in [4.78, 5) is 43.4. The molecule has 9 nitrogen and oxygen atoms in total. The van der Waals surface area contributed by atoms with Crippen LogP contribution in [0.3, 0.4) is 0 Å². The number of aromatic nitrogens is 2. The molecule has 1 atom stereocenters. The van der Waals surface area contributed by atoms with E-state index in [0.29, 0.717) is 30.6 Å². The van der Waals surface area contributed by atoms with Crippen LogP contribution in [0, 0.1) is 20.8 Å². The summed E-state index contributed by atoms with van der Waals surface area (Å²) in [7, 11) is 1.57. The molecule has 1 saturated heterocycles. The molecule has 1 aromatic heterocycles. The molecule has 2 aliphatic rings. The number of amides is 3. The number of hydrogen-bond donors (Lipinski definition) is 1. The highest BCUT2D eigenvalue weighted by Crippen LogP contribution is 2.35. The zero-order valence-electron chi connectivity index (χ0n) is 25.0. The second-order valence-electron chi connectivity index (χ2n) is 11.3. The van der Waals surface area contributed by atoms with Crippen molar-refractivity contribution in [2.45, 2.75) is 79.4 Å². The normalized spacial score (nSPS) is 17.2. The Hall–Kier alpha value is -4.14. The fraction of sp³-hybridized carbons (Fsp3) is 0.438. The molecule has 0 bridgehead atoms. The van der Waals surface area contributed by atoms with Crippen LogP contribution in [-0.4, -0.2) is 53.2 Å². The van der Waals surface area contributed by atoms with Gasteiger partial charge in [-0.3, -0.25) is 14.4 Å². The maximum atomic E-state index is 14.2. The van der Waals surface area contributed by atoms with Gasteiger partial charge >= 0.3 is 0 Å². The number of fused-ring (bicyclic) bond motifs is 1. The number of aryl methyl sites for hydroxylation is 1. The summed E-state index contributed by atoms with van der Waals surface area (Å²) in [5, 5.41) is 7.36. The molecule has 1 unspecified atom stereocenters. The molecule has 41 heavy (non-hydrogen) atoms. The number of carbonyl (C=O) groups is 3. The third kappa shape index (κ3) is 4.98. The predicted octanol–water partition coefficient (Wildman–Crippen LogP) is 27.2. The van der Waals surface area contributed by atoms with E-state index < -0.39 is 0 Å². The predicted molar refractivity (Wildman–Crippen MR) is 350 cm³/mol. The fourth-order valence-electron chi connectivity index (χ4n) is 5.99. The maximum absolute atomic E-state index is 14.2. The van der Waals surface area contributed by atoms with Crippen molar-refractivity contribution in [1.82, 2.24) is 15.1 Å². The first-order chi connectivity index (χ1) is 19.5. The summed E-state index contributed by atoms with van der Waals surface area (Å²) < 4.78 is 7.59. The number of benzene rings is 2. The van der Waals surface area contributed by atoms with Gasteiger partial charge in [-0.2, -0.15) is 5.10 Å². The van der Waals surface area contributed by atoms with E-state index >= 15 is 0 Å². The van der Waals surface area contributed by atoms with Gasteiger partial charge < -0.3 is 19.9 Å². The number of rotatable bonds is 6. The first kappa shape index (κ1) is 28.4. The van der Waals surface area contributed by atoms with Crippen LogP contribution in [0.5, 0.6) is 5.75 Å². The Labute approximate surface area is 375 Å². The number of piperidine rings is 1. The third-order valence-corrected chi connectivity index (χ3v) is 8.23. The Bertz CT molecular complexity index is 1660. The summed E-state index contributed by atoms with van der Waals surface area (Å²) in [6.07, 6.45) is 2.95. The quantitative estimate of drug-likeness (QED) is 0.271. The van der Waals surface area contributed by atoms with Gasteiger partial charge in [0, 0.05) is 171 Å². The molecule has 0 radical (unpaired) electrons. The smallest absolute Gasteiger partial charge is 0.277 e. The largest absolute Gasteiger partial charge is 0.491 e. The molecule has 9 heteroatoms. The number of hydrogen-bond acceptors (Lipinski definition) is 5. The molecule has 5 rings (SSSR count). The molecule has 1 N–H and O–H groups in total. The minimum Gasteiger partial charge on any atom is -0.491 e. The van der Waals surface area contributed by atoms with Crippen molar-refractivity contribution in [3.8, 4) is 11.4 Å². The van der Waals surface area contributed by atoms with Crippen molar-refractivity contribution in [3.63, 3.8) is 0 Å². The molecular weight excluding hydrogens is 518 g/mol. The summed E-state index contributed by atoms with van der Waals surface area (Å²) in [6, 6.07) is 9.77. The molecule has 2 aliphatic heterocycles. The van der Waals surface area contributed by atoms with Crippen molar-refractivity contribution in [2.24, 2.45) is 0 Å². The van der Waals surface area contributed by atoms with E-state index in [-0.39, 0.29) is 164 Å². The Morgan fingerprint density at radius 2 is 1.80 bits per heavy atom. The lowest BCUT2D eigenvalue weighted by Crippen LogP contribution is -2.42. The van der Waals surface area contributed by atoms with Crippen LogP contribution >= 0.6 is 0 Å². The second kappa shape index (κ2) is 11.0. The third-order valence-electron chi connectivity index (χ3n) is 8.23. The molecule has 0 spiro atoms. The lowest BCUT2D eigenvalue weighted by atomic mass is 9.99. The molecule has 0 saturated carbocycles. The van der Waals surface area contributed by atoms with Crippen LogP contribution in [0.2, 0.25) is 0 Å². The zero-order valence-corrected chi connectivity index (χ0v) is 25.0. The lowest BCUT2D eigenvalue weighted by Gasteiger charge is -2.34. The second-order valence-corrected chi connectivity index (χ2v) is 11.3. The molecule has 1 fully saturated rings. The van der Waals surface area contributed by atoms with Crippen LogP contribution in [-0.2, 0) is 11.2 Å². The van der Waals surface area contributed by atoms with Crippen molar-refractivity contribution in [3.05, 3.63) is 64.0 Å². The summed E-state index contributed by atoms with van der Waals surface area (Å²) in [5.41, 5.74) is 6.44. The lowest BCUT2D eigenvalue weighted by molar-refractivity contribution is -0.120. The highest BCUT2D eigenvalue weighted by Gasteiger charge is 2.36. The van der Waals surface area contributed by atoms with Gasteiger partial charge in [-0.25, -0.2) is 4.68 Å². The highest BCUT2D eigenvalue weighted by molar-refractivity contribution is 6.10. The average molecular weight is 739 g/mol. The van der Waals surface area contributed by atoms with Gasteiger partial charge in [0.15, 0.2) is 5.69 Å². The summed E-state index contributed by atoms with van der Waals surface area (Å²) in [5.74, 6) is 0.373. The van der Waals surface area contributed by atoms with Crippen LogP contribution in [0.4, 0.5) is 11.4 Å². The van der Waals surface area contributed by atoms with Crippen molar-refractivity contribution < 1.29 is 148 Å². The fourth-order valence-corrected chi connectivity index (χ4v) is 5.99. The molecule has 2 aromatic carbocycles. The first-order valence-corrected chi connectivity index (χ1v) is 14.4. The summed E-state index contributed by atoms with van der Waals surface area (Å²) >= 11 is 0. The van der Waals surface area contributed by atoms with Crippen molar-refractivity contribution in [2.75, 3.05) is 23.4 Å². The number of ether oxygens (including phenoxy) is 1. The van der Waals surface area contributed by atoms with Gasteiger partial charge in [0.2, 0.25) is 5.91 Å². The van der Waals surface area contributed by atoms with E-state index in [0.717, 1.165) is 52.3 Å². The Morgan fingerprint density at radius 3 is 2.46 bits per heavy atom. The van der Waals surface area contributed by atoms with E-state index in [1.54, 1.807) is 16.6 Å². The van der Waals surface area contributed by atoms with E-state index in [1.807, 2.05) is 69.9 Å². The number of carbonyl (C=O) groups excluding carboxylic acids is 3. The van der Waals surface area contributed by atoms with E-state index in [2.05, 4.69) is 12.2 Å². The SMILES string of the molecule is CNC(=O)c1nn(-c2ccc(OC(C)C)c(C)c2C)c2c1CCN(c1ccc(N3C(=O)CCCC3C)cc1C)C2=O.[HH].[HH].[HH].[HH].[HH].[HH].[HH].[HH].[HH].[HH].[HH].[HH].[HH].[HH].[HH].[HH].[HH].[HH].[HH].[HH].[HH].[HH].[HH].[HH].[HH].[HH].[HH].[HH].[HH].[HH].[HH].[HH].[HH].[HH].[HH].[HH].[HH].[HH].[HH].[HH].[HH].[HH].[HH].[HH].[HH].[HH].[HH].[HH].[HH].[HH].[HH].[HH].[HH].[HH].[HH].[HH].[HH].[HH].[HH].[HH].[HH].[HH].[HH].[HH].[HH].[HH].[HH].[HH].[HH].[HH].[HH].[HH].[HH].[HH].[HH].[HH].[HH].[HH].[HH].[HH].[HH].[HH].[HH].[HH].[HH].[HH].[HH].[HH].[HH].[HH]. The van der Waals surface area contributed by atoms with Gasteiger partial charge in [-0.05, 0) is 108 Å². The zero-order chi connectivity index (χ0) is 29.6. The van der Waals surface area contributed by atoms with Gasteiger partial charge in [0.05, 0.1) is 11.8 Å². The van der Waals surface area contributed by atoms with Gasteiger partial charge in [0.1, 0.15) is 11.4 Å². The highest BCUT2D eigenvalue weighted by atomic mass is 16.5. The minimum absolute atomic E-state index is 0. The monoisotopic (exact) mass is 739 g/mol. The topological polar surface area (TPSA) is 96.8 Å². The van der Waals surface area contributed by atoms with E-state index in [1.165, 1.54) is 0 Å². The molecular formula is C32H219N5O4. The molecule has 3 aromatic rings. The summed E-state index contributed by atoms with van der Waals surface area (Å²) in [6.45, 7) is 12.4. The molecule has 0 aliphatic carbocycles. The Kier molecular flexibility index (Phi) is 7.64. The first-order valence-electron chi connectivity index (χ1n) is 14.4. The Morgan fingerprint density at radius 1 is 1.07 bits per heavy atom. The number of nitrogens with zero attached hydrogens (tertiary/aromatic N) is 4. The van der Waals surface area contributed by atoms with Crippen LogP contribution < -0.4 is 19.9 Å². The van der Waals surface area contributed by atoms with Crippen molar-refractivity contribution in [1.29, 1.82) is 0 Å². The van der Waals surface area contributed by atoms with Gasteiger partial charge in [0.25, 0.3) is 11.8 Å². The number of anilines is 2. The van der Waals surface area contributed by atoms with Gasteiger partial charge in [-0.1, -0.05) is 0 Å².